The van der Waals surface area contributed by atoms with Crippen LogP contribution < -0.4 is 15.0 Å². The van der Waals surface area contributed by atoms with Gasteiger partial charge in [0.1, 0.15) is 5.75 Å². The summed E-state index contributed by atoms with van der Waals surface area (Å²) in [6, 6.07) is 24.0. The van der Waals surface area contributed by atoms with Gasteiger partial charge < -0.3 is 14.6 Å². The van der Waals surface area contributed by atoms with Gasteiger partial charge in [-0.15, -0.1) is 0 Å². The minimum Gasteiger partial charge on any atom is -0.497 e. The van der Waals surface area contributed by atoms with Gasteiger partial charge in [0.15, 0.2) is 5.11 Å². The lowest BCUT2D eigenvalue weighted by atomic mass is 9.94. The van der Waals surface area contributed by atoms with Crippen molar-refractivity contribution in [1.82, 2.24) is 15.5 Å². The number of benzene rings is 3. The predicted octanol–water partition coefficient (Wildman–Crippen LogP) is 6.23. The first-order valence-electron chi connectivity index (χ1n) is 11.4. The molecule has 1 N–H and O–H groups in total. The van der Waals surface area contributed by atoms with Crippen LogP contribution in [0.25, 0.3) is 17.0 Å². The molecule has 4 aromatic rings. The van der Waals surface area contributed by atoms with E-state index in [1.165, 1.54) is 0 Å². The quantitative estimate of drug-likeness (QED) is 0.338. The third-order valence-electron chi connectivity index (χ3n) is 6.13. The van der Waals surface area contributed by atoms with E-state index in [0.717, 1.165) is 45.0 Å². The van der Waals surface area contributed by atoms with Gasteiger partial charge in [0, 0.05) is 16.9 Å². The van der Waals surface area contributed by atoms with Crippen molar-refractivity contribution in [2.24, 2.45) is 0 Å². The van der Waals surface area contributed by atoms with Gasteiger partial charge in [0.2, 0.25) is 5.82 Å². The minimum atomic E-state index is -0.264. The number of nitrogens with zero attached hydrogens (tertiary/aromatic N) is 3. The Labute approximate surface area is 210 Å². The molecule has 2 heterocycles. The Morgan fingerprint density at radius 1 is 0.943 bits per heavy atom. The number of hydrogen-bond donors (Lipinski definition) is 1. The van der Waals surface area contributed by atoms with Crippen molar-refractivity contribution in [3.8, 4) is 17.1 Å². The Balaban J connectivity index is 1.65. The molecule has 0 spiro atoms. The lowest BCUT2D eigenvalue weighted by Gasteiger charge is -2.37. The standard InChI is InChI=1S/C28H26N4O2S/c1-17-7-5-9-21(15-17)26-30-27(34-31-26)24-19(3)32(22-10-6-8-18(2)16-22)28(35)29-25(24)20-11-13-23(33-4)14-12-20/h5-16,25H,1-4H3,(H,29,35). The SMILES string of the molecule is COc1ccc(C2NC(=S)N(c3cccc(C)c3)C(C)=C2c2nc(-c3cccc(C)c3)no2)cc1. The fourth-order valence-electron chi connectivity index (χ4n) is 4.38. The molecule has 7 heteroatoms. The topological polar surface area (TPSA) is 63.4 Å². The van der Waals surface area contributed by atoms with Crippen LogP contribution in [0.15, 0.2) is 83.0 Å². The monoisotopic (exact) mass is 482 g/mol. The van der Waals surface area contributed by atoms with Crippen LogP contribution in [0.5, 0.6) is 5.75 Å². The first-order valence-corrected chi connectivity index (χ1v) is 11.8. The number of thiocarbonyl (C=S) groups is 1. The van der Waals surface area contributed by atoms with E-state index in [1.54, 1.807) is 7.11 Å². The number of rotatable bonds is 5. The smallest absolute Gasteiger partial charge is 0.258 e. The summed E-state index contributed by atoms with van der Waals surface area (Å²) in [5.74, 6) is 1.79. The van der Waals surface area contributed by atoms with Gasteiger partial charge in [-0.25, -0.2) is 0 Å². The minimum absolute atomic E-state index is 0.264. The first-order chi connectivity index (χ1) is 16.9. The second-order valence-electron chi connectivity index (χ2n) is 8.62. The average Bonchev–Trinajstić information content (AvgIpc) is 3.34. The Morgan fingerprint density at radius 3 is 2.34 bits per heavy atom. The summed E-state index contributed by atoms with van der Waals surface area (Å²) in [6.07, 6.45) is 0. The molecule has 5 rings (SSSR count). The number of aromatic nitrogens is 2. The van der Waals surface area contributed by atoms with Crippen LogP contribution >= 0.6 is 12.2 Å². The fourth-order valence-corrected chi connectivity index (χ4v) is 4.74. The summed E-state index contributed by atoms with van der Waals surface area (Å²) in [5, 5.41) is 8.42. The van der Waals surface area contributed by atoms with Gasteiger partial charge in [0.05, 0.1) is 18.7 Å². The molecule has 1 aromatic heterocycles. The van der Waals surface area contributed by atoms with Crippen LogP contribution in [-0.2, 0) is 0 Å². The van der Waals surface area contributed by atoms with Gasteiger partial charge in [-0.05, 0) is 74.4 Å². The number of methoxy groups -OCH3 is 1. The van der Waals surface area contributed by atoms with Crippen molar-refractivity contribution < 1.29 is 9.26 Å². The molecule has 1 aliphatic rings. The zero-order chi connectivity index (χ0) is 24.5. The van der Waals surface area contributed by atoms with Crippen LogP contribution in [0.1, 0.15) is 35.5 Å². The van der Waals surface area contributed by atoms with E-state index in [0.29, 0.717) is 16.8 Å². The highest BCUT2D eigenvalue weighted by atomic mass is 32.1. The predicted molar refractivity (Wildman–Crippen MR) is 142 cm³/mol. The largest absolute Gasteiger partial charge is 0.497 e. The molecule has 1 unspecified atom stereocenters. The fraction of sp³-hybridized carbons (Fsp3) is 0.179. The van der Waals surface area contributed by atoms with Crippen molar-refractivity contribution in [1.29, 1.82) is 0 Å². The highest BCUT2D eigenvalue weighted by Gasteiger charge is 2.34. The van der Waals surface area contributed by atoms with Crippen molar-refractivity contribution in [3.63, 3.8) is 0 Å². The average molecular weight is 483 g/mol. The number of aryl methyl sites for hydroxylation is 2. The number of hydrogen-bond acceptors (Lipinski definition) is 5. The lowest BCUT2D eigenvalue weighted by molar-refractivity contribution is 0.404. The van der Waals surface area contributed by atoms with Gasteiger partial charge in [0.25, 0.3) is 5.89 Å². The second kappa shape index (κ2) is 9.35. The number of nitrogens with one attached hydrogen (secondary N) is 1. The summed E-state index contributed by atoms with van der Waals surface area (Å²) in [7, 11) is 1.66. The van der Waals surface area contributed by atoms with E-state index < -0.39 is 0 Å². The molecule has 0 radical (unpaired) electrons. The summed E-state index contributed by atoms with van der Waals surface area (Å²) < 4.78 is 11.2. The van der Waals surface area contributed by atoms with Crippen molar-refractivity contribution in [2.75, 3.05) is 12.0 Å². The van der Waals surface area contributed by atoms with Crippen LogP contribution in [-0.4, -0.2) is 22.4 Å². The van der Waals surface area contributed by atoms with Crippen LogP contribution in [0.2, 0.25) is 0 Å². The van der Waals surface area contributed by atoms with Crippen LogP contribution in [0, 0.1) is 13.8 Å². The van der Waals surface area contributed by atoms with Gasteiger partial charge in [-0.3, -0.25) is 4.90 Å². The zero-order valence-electron chi connectivity index (χ0n) is 20.1. The maximum atomic E-state index is 5.86. The Bertz CT molecular complexity index is 1420. The highest BCUT2D eigenvalue weighted by molar-refractivity contribution is 7.80. The van der Waals surface area contributed by atoms with Crippen molar-refractivity contribution in [2.45, 2.75) is 26.8 Å². The number of allylic oxidation sites excluding steroid dienone is 1. The molecule has 1 atom stereocenters. The summed E-state index contributed by atoms with van der Waals surface area (Å²) in [5.41, 5.74) is 6.99. The van der Waals surface area contributed by atoms with Gasteiger partial charge in [-0.1, -0.05) is 53.2 Å². The van der Waals surface area contributed by atoms with E-state index >= 15 is 0 Å². The van der Waals surface area contributed by atoms with Crippen molar-refractivity contribution >= 4 is 28.6 Å². The Morgan fingerprint density at radius 2 is 1.66 bits per heavy atom. The van der Waals surface area contributed by atoms with E-state index in [9.17, 15) is 0 Å². The molecular weight excluding hydrogens is 456 g/mol. The molecule has 3 aromatic carbocycles. The number of anilines is 1. The molecule has 35 heavy (non-hydrogen) atoms. The van der Waals surface area contributed by atoms with Gasteiger partial charge >= 0.3 is 0 Å². The Kier molecular flexibility index (Phi) is 6.09. The summed E-state index contributed by atoms with van der Waals surface area (Å²) in [6.45, 7) is 6.15. The third kappa shape index (κ3) is 4.42. The maximum Gasteiger partial charge on any atom is 0.258 e. The summed E-state index contributed by atoms with van der Waals surface area (Å²) in [4.78, 5) is 6.83. The molecule has 0 amide bonds. The molecule has 0 saturated carbocycles. The Hall–Kier alpha value is -3.97. The molecule has 0 saturated heterocycles. The zero-order valence-corrected chi connectivity index (χ0v) is 20.9. The number of ether oxygens (including phenoxy) is 1. The van der Waals surface area contributed by atoms with Crippen LogP contribution in [0.4, 0.5) is 5.69 Å². The van der Waals surface area contributed by atoms with E-state index in [1.807, 2.05) is 79.4 Å². The van der Waals surface area contributed by atoms with E-state index in [4.69, 9.17) is 26.5 Å². The van der Waals surface area contributed by atoms with E-state index in [2.05, 4.69) is 29.5 Å². The van der Waals surface area contributed by atoms with Gasteiger partial charge in [-0.2, -0.15) is 4.98 Å². The molecule has 6 nitrogen and oxygen atoms in total. The first kappa shape index (κ1) is 22.8. The molecule has 1 aliphatic heterocycles. The normalized spacial score (nSPS) is 15.8. The van der Waals surface area contributed by atoms with Crippen LogP contribution in [0.3, 0.4) is 0 Å². The molecule has 176 valence electrons. The van der Waals surface area contributed by atoms with E-state index in [-0.39, 0.29) is 6.04 Å². The molecule has 0 aliphatic carbocycles. The van der Waals surface area contributed by atoms with Crippen molar-refractivity contribution in [3.05, 3.63) is 101 Å². The lowest BCUT2D eigenvalue weighted by Crippen LogP contribution is -2.46. The summed E-state index contributed by atoms with van der Waals surface area (Å²) >= 11 is 5.84. The third-order valence-corrected chi connectivity index (χ3v) is 6.43. The molecule has 0 fully saturated rings. The molecular formula is C28H26N4O2S. The maximum absolute atomic E-state index is 5.86. The highest BCUT2D eigenvalue weighted by Crippen LogP contribution is 2.39. The second-order valence-corrected chi connectivity index (χ2v) is 9.01. The molecule has 0 bridgehead atoms.